The van der Waals surface area contributed by atoms with Crippen LogP contribution in [0.3, 0.4) is 0 Å². The number of nitrogens with zero attached hydrogens (tertiary/aromatic N) is 1. The third-order valence-corrected chi connectivity index (χ3v) is 1.64. The highest BCUT2D eigenvalue weighted by atomic mass is 16.4. The van der Waals surface area contributed by atoms with Gasteiger partial charge in [0, 0.05) is 6.21 Å². The molecule has 4 unspecified atom stereocenters. The first-order valence-corrected chi connectivity index (χ1v) is 4.07. The van der Waals surface area contributed by atoms with Gasteiger partial charge in [0.25, 0.3) is 0 Å². The molecule has 0 aromatic rings. The Hall–Kier alpha value is -1.06. The van der Waals surface area contributed by atoms with Gasteiger partial charge in [-0.15, -0.1) is 0 Å². The van der Waals surface area contributed by atoms with Gasteiger partial charge < -0.3 is 31.3 Å². The second-order valence-electron chi connectivity index (χ2n) is 2.84. The number of nitrogens with two attached hydrogens (primary N) is 1. The maximum Gasteiger partial charge on any atom is 0.338 e. The van der Waals surface area contributed by atoms with E-state index in [0.29, 0.717) is 6.21 Å². The van der Waals surface area contributed by atoms with Crippen LogP contribution in [-0.4, -0.2) is 68.8 Å². The number of carbonyl (C=O) groups excluding carboxylic acids is 1. The first kappa shape index (κ1) is 13.9. The van der Waals surface area contributed by atoms with Crippen molar-refractivity contribution in [3.8, 4) is 0 Å². The third-order valence-electron chi connectivity index (χ3n) is 1.64. The molecule has 0 rings (SSSR count). The second-order valence-corrected chi connectivity index (χ2v) is 2.84. The summed E-state index contributed by atoms with van der Waals surface area (Å²) in [4.78, 5) is 13.1. The van der Waals surface area contributed by atoms with E-state index in [2.05, 4.69) is 10.7 Å². The molecule has 0 spiro atoms. The molecule has 0 aromatic heterocycles. The van der Waals surface area contributed by atoms with Gasteiger partial charge in [0.05, 0.1) is 6.61 Å². The summed E-state index contributed by atoms with van der Waals surface area (Å²) in [7, 11) is 0. The van der Waals surface area contributed by atoms with E-state index in [4.69, 9.17) is 20.4 Å². The van der Waals surface area contributed by atoms with Crippen molar-refractivity contribution in [3.63, 3.8) is 0 Å². The molecule has 4 atom stereocenters. The molecule has 0 aliphatic carbocycles. The Kier molecular flexibility index (Phi) is 5.97. The number of hydrogen-bond donors (Lipinski definition) is 6. The van der Waals surface area contributed by atoms with Crippen molar-refractivity contribution in [1.82, 2.24) is 0 Å². The van der Waals surface area contributed by atoms with Crippen LogP contribution in [0.15, 0.2) is 4.99 Å². The quantitative estimate of drug-likeness (QED) is 0.266. The van der Waals surface area contributed by atoms with Gasteiger partial charge in [0.15, 0.2) is 0 Å². The molecule has 0 heterocycles. The van der Waals surface area contributed by atoms with Gasteiger partial charge in [0.1, 0.15) is 24.4 Å². The van der Waals surface area contributed by atoms with Crippen molar-refractivity contribution in [2.24, 2.45) is 10.7 Å². The summed E-state index contributed by atoms with van der Waals surface area (Å²) >= 11 is 0. The predicted molar refractivity (Wildman–Crippen MR) is 49.2 cm³/mol. The van der Waals surface area contributed by atoms with Crippen LogP contribution in [0.2, 0.25) is 0 Å². The molecule has 0 fully saturated rings. The third kappa shape index (κ3) is 4.81. The maximum atomic E-state index is 10.2. The molecule has 8 nitrogen and oxygen atoms in total. The molecule has 0 bridgehead atoms. The summed E-state index contributed by atoms with van der Waals surface area (Å²) in [6, 6.07) is -1.07. The zero-order chi connectivity index (χ0) is 12.0. The van der Waals surface area contributed by atoms with Crippen LogP contribution >= 0.6 is 0 Å². The summed E-state index contributed by atoms with van der Waals surface area (Å²) in [5.41, 5.74) is 4.62. The Morgan fingerprint density at radius 1 is 1.27 bits per heavy atom. The van der Waals surface area contributed by atoms with Crippen molar-refractivity contribution in [3.05, 3.63) is 0 Å². The lowest BCUT2D eigenvalue weighted by molar-refractivity contribution is -0.0999. The highest BCUT2D eigenvalue weighted by Crippen LogP contribution is 2.03. The van der Waals surface area contributed by atoms with E-state index < -0.39 is 37.1 Å². The molecule has 0 saturated heterocycles. The molecular weight excluding hydrogens is 208 g/mol. The van der Waals surface area contributed by atoms with Crippen LogP contribution in [0.1, 0.15) is 0 Å². The fourth-order valence-corrected chi connectivity index (χ4v) is 0.776. The number of amides is 2. The highest BCUT2D eigenvalue weighted by molar-refractivity contribution is 5.83. The largest absolute Gasteiger partial charge is 0.394 e. The number of aliphatic hydroxyl groups is 5. The van der Waals surface area contributed by atoms with E-state index in [1.54, 1.807) is 0 Å². The molecular formula is C7H14N2O6. The van der Waals surface area contributed by atoms with Crippen molar-refractivity contribution in [2.45, 2.75) is 24.4 Å². The lowest BCUT2D eigenvalue weighted by Gasteiger charge is -2.23. The summed E-state index contributed by atoms with van der Waals surface area (Å²) < 4.78 is 0. The first-order chi connectivity index (χ1) is 6.90. The molecule has 2 amide bonds. The Balaban J connectivity index is 4.30. The minimum atomic E-state index is -1.78. The number of aliphatic hydroxyl groups excluding tert-OH is 5. The molecule has 8 heteroatoms. The predicted octanol–water partition coefficient (Wildman–Crippen LogP) is -3.43. The minimum absolute atomic E-state index is 0.625. The standard InChI is InChI=1S/C7H14N2O6/c8-7(15)9-1-3(11)5(13)6(14)4(12)2-10/h1,3-6,10-14H,2H2,(H2,8,15)/b9-1+. The Morgan fingerprint density at radius 2 is 1.80 bits per heavy atom. The molecule has 0 aliphatic heterocycles. The van der Waals surface area contributed by atoms with Crippen LogP contribution in [0.5, 0.6) is 0 Å². The van der Waals surface area contributed by atoms with E-state index in [-0.39, 0.29) is 0 Å². The molecule has 0 radical (unpaired) electrons. The van der Waals surface area contributed by atoms with Crippen LogP contribution in [0.4, 0.5) is 4.79 Å². The lowest BCUT2D eigenvalue weighted by atomic mass is 10.0. The van der Waals surface area contributed by atoms with Crippen LogP contribution in [0.25, 0.3) is 0 Å². The van der Waals surface area contributed by atoms with Gasteiger partial charge >= 0.3 is 6.03 Å². The molecule has 0 aromatic carbocycles. The van der Waals surface area contributed by atoms with E-state index in [1.165, 1.54) is 0 Å². The summed E-state index contributed by atoms with van der Waals surface area (Å²) in [6.45, 7) is -0.780. The van der Waals surface area contributed by atoms with E-state index in [9.17, 15) is 9.90 Å². The van der Waals surface area contributed by atoms with Gasteiger partial charge in [-0.2, -0.15) is 0 Å². The van der Waals surface area contributed by atoms with Gasteiger partial charge in [-0.25, -0.2) is 9.79 Å². The van der Waals surface area contributed by atoms with E-state index in [1.807, 2.05) is 0 Å². The fourth-order valence-electron chi connectivity index (χ4n) is 0.776. The summed E-state index contributed by atoms with van der Waals surface area (Å²) in [6.07, 6.45) is -6.19. The van der Waals surface area contributed by atoms with Crippen LogP contribution < -0.4 is 5.73 Å². The number of carbonyl (C=O) groups is 1. The van der Waals surface area contributed by atoms with E-state index in [0.717, 1.165) is 0 Å². The average Bonchev–Trinajstić information content (AvgIpc) is 2.22. The number of aliphatic imine (C=N–C) groups is 1. The first-order valence-electron chi connectivity index (χ1n) is 4.07. The number of hydrogen-bond acceptors (Lipinski definition) is 6. The van der Waals surface area contributed by atoms with Gasteiger partial charge in [-0.1, -0.05) is 0 Å². The molecule has 0 aliphatic rings. The highest BCUT2D eigenvalue weighted by Gasteiger charge is 2.29. The maximum absolute atomic E-state index is 10.2. The summed E-state index contributed by atoms with van der Waals surface area (Å²) in [5, 5.41) is 44.8. The molecule has 15 heavy (non-hydrogen) atoms. The molecule has 7 N–H and O–H groups in total. The van der Waals surface area contributed by atoms with Crippen molar-refractivity contribution in [1.29, 1.82) is 0 Å². The minimum Gasteiger partial charge on any atom is -0.394 e. The van der Waals surface area contributed by atoms with E-state index >= 15 is 0 Å². The second kappa shape index (κ2) is 6.43. The zero-order valence-electron chi connectivity index (χ0n) is 7.76. The Morgan fingerprint density at radius 3 is 2.20 bits per heavy atom. The van der Waals surface area contributed by atoms with Crippen LogP contribution in [-0.2, 0) is 0 Å². The monoisotopic (exact) mass is 222 g/mol. The fraction of sp³-hybridized carbons (Fsp3) is 0.714. The van der Waals surface area contributed by atoms with Crippen molar-refractivity contribution < 1.29 is 30.3 Å². The number of primary amides is 1. The van der Waals surface area contributed by atoms with Gasteiger partial charge in [-0.05, 0) is 0 Å². The normalized spacial score (nSPS) is 19.8. The van der Waals surface area contributed by atoms with Gasteiger partial charge in [0.2, 0.25) is 0 Å². The Bertz CT molecular complexity index is 234. The molecule has 88 valence electrons. The molecule has 0 saturated carbocycles. The number of rotatable bonds is 5. The summed E-state index contributed by atoms with van der Waals surface area (Å²) in [5.74, 6) is 0. The average molecular weight is 222 g/mol. The Labute approximate surface area is 85.3 Å². The smallest absolute Gasteiger partial charge is 0.338 e. The van der Waals surface area contributed by atoms with Crippen molar-refractivity contribution >= 4 is 12.2 Å². The number of urea groups is 1. The topological polar surface area (TPSA) is 157 Å². The lowest BCUT2D eigenvalue weighted by Crippen LogP contribution is -2.46. The van der Waals surface area contributed by atoms with Crippen LogP contribution in [0, 0.1) is 0 Å². The van der Waals surface area contributed by atoms with Crippen molar-refractivity contribution in [2.75, 3.05) is 6.61 Å². The zero-order valence-corrected chi connectivity index (χ0v) is 7.76. The SMILES string of the molecule is NC(=O)/N=C/C(O)C(O)C(O)C(O)CO. The van der Waals surface area contributed by atoms with Gasteiger partial charge in [-0.3, -0.25) is 0 Å².